The molecule has 4 aromatic rings. The molecule has 0 unspecified atom stereocenters. The van der Waals surface area contributed by atoms with Crippen LogP contribution in [0.1, 0.15) is 37.0 Å². The number of aromatic nitrogens is 4. The summed E-state index contributed by atoms with van der Waals surface area (Å²) in [5.74, 6) is -0.514. The Morgan fingerprint density at radius 1 is 1.18 bits per heavy atom. The zero-order valence-electron chi connectivity index (χ0n) is 23.0. The molecule has 1 amide bonds. The molecule has 2 aliphatic heterocycles. The van der Waals surface area contributed by atoms with Gasteiger partial charge in [-0.05, 0) is 56.9 Å². The molecular formula is C29H34FN7O3. The first-order chi connectivity index (χ1) is 19.3. The van der Waals surface area contributed by atoms with Gasteiger partial charge in [0.2, 0.25) is 0 Å². The van der Waals surface area contributed by atoms with Crippen LogP contribution in [0, 0.1) is 11.7 Å². The predicted molar refractivity (Wildman–Crippen MR) is 151 cm³/mol. The molecule has 0 saturated carbocycles. The SMILES string of the molecule is C[C@H]1CN(c2ccc(C(=O)Nc3cc(F)c4nn(C)cc4c3)c3nc(OCC4CCOCC4)ncc23)C[C@H](C)N1. The predicted octanol–water partition coefficient (Wildman–Crippen LogP) is 3.90. The van der Waals surface area contributed by atoms with Crippen molar-refractivity contribution >= 4 is 39.1 Å². The van der Waals surface area contributed by atoms with Crippen LogP contribution in [0.25, 0.3) is 21.8 Å². The number of carbonyl (C=O) groups is 1. The van der Waals surface area contributed by atoms with E-state index in [1.54, 1.807) is 36.3 Å². The molecule has 2 aliphatic rings. The first-order valence-electron chi connectivity index (χ1n) is 13.8. The smallest absolute Gasteiger partial charge is 0.316 e. The van der Waals surface area contributed by atoms with Crippen molar-refractivity contribution in [2.45, 2.75) is 38.8 Å². The first kappa shape index (κ1) is 26.4. The minimum atomic E-state index is -0.498. The Balaban J connectivity index is 1.34. The molecule has 6 rings (SSSR count). The average molecular weight is 548 g/mol. The Morgan fingerprint density at radius 3 is 2.73 bits per heavy atom. The summed E-state index contributed by atoms with van der Waals surface area (Å²) >= 11 is 0. The largest absolute Gasteiger partial charge is 0.463 e. The number of aryl methyl sites for hydroxylation is 1. The number of hydrogen-bond donors (Lipinski definition) is 2. The Hall–Kier alpha value is -3.83. The summed E-state index contributed by atoms with van der Waals surface area (Å²) in [6.45, 7) is 7.90. The van der Waals surface area contributed by atoms with Gasteiger partial charge in [-0.1, -0.05) is 0 Å². The lowest BCUT2D eigenvalue weighted by atomic mass is 10.0. The van der Waals surface area contributed by atoms with Gasteiger partial charge in [0.15, 0.2) is 5.82 Å². The third-order valence-electron chi connectivity index (χ3n) is 7.57. The van der Waals surface area contributed by atoms with E-state index < -0.39 is 11.7 Å². The van der Waals surface area contributed by atoms with Crippen LogP contribution in [0.2, 0.25) is 0 Å². The molecule has 2 fully saturated rings. The van der Waals surface area contributed by atoms with Crippen LogP contribution in [-0.2, 0) is 11.8 Å². The summed E-state index contributed by atoms with van der Waals surface area (Å²) in [5, 5.41) is 11.9. The molecule has 2 aromatic carbocycles. The van der Waals surface area contributed by atoms with E-state index in [0.717, 1.165) is 50.2 Å². The Labute approximate surface area is 231 Å². The van der Waals surface area contributed by atoms with Gasteiger partial charge in [-0.2, -0.15) is 10.1 Å². The van der Waals surface area contributed by atoms with Crippen molar-refractivity contribution < 1.29 is 18.7 Å². The number of halogens is 1. The van der Waals surface area contributed by atoms with Gasteiger partial charge in [0.05, 0.1) is 17.7 Å². The highest BCUT2D eigenvalue weighted by molar-refractivity contribution is 6.14. The fourth-order valence-corrected chi connectivity index (χ4v) is 5.73. The molecule has 0 radical (unpaired) electrons. The summed E-state index contributed by atoms with van der Waals surface area (Å²) in [6, 6.07) is 7.56. The van der Waals surface area contributed by atoms with Gasteiger partial charge in [-0.3, -0.25) is 9.48 Å². The highest BCUT2D eigenvalue weighted by Crippen LogP contribution is 2.32. The van der Waals surface area contributed by atoms with E-state index in [4.69, 9.17) is 14.5 Å². The molecular weight excluding hydrogens is 513 g/mol. The number of nitrogens with zero attached hydrogens (tertiary/aromatic N) is 5. The van der Waals surface area contributed by atoms with E-state index in [1.165, 1.54) is 6.07 Å². The molecule has 0 spiro atoms. The number of ether oxygens (including phenoxy) is 2. The van der Waals surface area contributed by atoms with Gasteiger partial charge in [0.1, 0.15) is 5.52 Å². The van der Waals surface area contributed by atoms with E-state index in [0.29, 0.717) is 46.8 Å². The second-order valence-electron chi connectivity index (χ2n) is 10.9. The second kappa shape index (κ2) is 11.0. The van der Waals surface area contributed by atoms with E-state index in [-0.39, 0.29) is 11.5 Å². The monoisotopic (exact) mass is 547 g/mol. The second-order valence-corrected chi connectivity index (χ2v) is 10.9. The highest BCUT2D eigenvalue weighted by Gasteiger charge is 2.25. The van der Waals surface area contributed by atoms with Gasteiger partial charge < -0.3 is 25.0 Å². The van der Waals surface area contributed by atoms with Crippen molar-refractivity contribution in [2.75, 3.05) is 43.1 Å². The maximum absolute atomic E-state index is 14.7. The molecule has 2 atom stereocenters. The number of anilines is 2. The van der Waals surface area contributed by atoms with E-state index in [2.05, 4.69) is 39.5 Å². The third-order valence-corrected chi connectivity index (χ3v) is 7.57. The molecule has 10 nitrogen and oxygen atoms in total. The summed E-state index contributed by atoms with van der Waals surface area (Å²) in [4.78, 5) is 25.1. The van der Waals surface area contributed by atoms with Crippen molar-refractivity contribution in [3.8, 4) is 6.01 Å². The summed E-state index contributed by atoms with van der Waals surface area (Å²) < 4.78 is 27.7. The number of piperazine rings is 1. The van der Waals surface area contributed by atoms with Crippen LogP contribution in [0.15, 0.2) is 36.7 Å². The van der Waals surface area contributed by atoms with Crippen LogP contribution in [0.3, 0.4) is 0 Å². The maximum atomic E-state index is 14.7. The molecule has 40 heavy (non-hydrogen) atoms. The van der Waals surface area contributed by atoms with Crippen LogP contribution >= 0.6 is 0 Å². The standard InChI is InChI=1S/C29H34FN7O3/c1-17-13-37(14-18(2)32-17)25-5-4-22(28(38)33-21-10-20-15-36(3)35-26(20)24(30)11-21)27-23(25)12-31-29(34-27)40-16-19-6-8-39-9-7-19/h4-5,10-12,15,17-19,32H,6-9,13-14,16H2,1-3H3,(H,33,38)/t17-,18-/m0/s1. The number of amides is 1. The van der Waals surface area contributed by atoms with Crippen LogP contribution < -0.4 is 20.3 Å². The van der Waals surface area contributed by atoms with Gasteiger partial charge in [-0.25, -0.2) is 9.37 Å². The molecule has 11 heteroatoms. The minimum absolute atomic E-state index is 0.232. The zero-order chi connectivity index (χ0) is 27.8. The van der Waals surface area contributed by atoms with Crippen molar-refractivity contribution in [3.05, 3.63) is 48.0 Å². The fraction of sp³-hybridized carbons (Fsp3) is 0.448. The zero-order valence-corrected chi connectivity index (χ0v) is 23.0. The number of fused-ring (bicyclic) bond motifs is 2. The molecule has 0 bridgehead atoms. The summed E-state index contributed by atoms with van der Waals surface area (Å²) in [7, 11) is 1.73. The lowest BCUT2D eigenvalue weighted by molar-refractivity contribution is 0.0483. The van der Waals surface area contributed by atoms with Gasteiger partial charge in [0.25, 0.3) is 5.91 Å². The molecule has 210 valence electrons. The van der Waals surface area contributed by atoms with Crippen molar-refractivity contribution in [2.24, 2.45) is 13.0 Å². The van der Waals surface area contributed by atoms with Crippen molar-refractivity contribution in [1.82, 2.24) is 25.1 Å². The van der Waals surface area contributed by atoms with Crippen molar-refractivity contribution in [3.63, 3.8) is 0 Å². The summed E-state index contributed by atoms with van der Waals surface area (Å²) in [5.41, 5.74) is 2.42. The number of rotatable bonds is 6. The lowest BCUT2D eigenvalue weighted by Crippen LogP contribution is -2.54. The number of hydrogen-bond acceptors (Lipinski definition) is 8. The topological polar surface area (TPSA) is 106 Å². The molecule has 2 aromatic heterocycles. The van der Waals surface area contributed by atoms with Gasteiger partial charge in [-0.15, -0.1) is 0 Å². The average Bonchev–Trinajstić information content (AvgIpc) is 3.32. The van der Waals surface area contributed by atoms with Crippen molar-refractivity contribution in [1.29, 1.82) is 0 Å². The maximum Gasteiger partial charge on any atom is 0.316 e. The number of nitrogens with one attached hydrogen (secondary N) is 2. The summed E-state index contributed by atoms with van der Waals surface area (Å²) in [6.07, 6.45) is 5.32. The van der Waals surface area contributed by atoms with Gasteiger partial charge >= 0.3 is 6.01 Å². The Kier molecular flexibility index (Phi) is 7.24. The number of carbonyl (C=O) groups excluding carboxylic acids is 1. The van der Waals surface area contributed by atoms with Crippen LogP contribution in [0.4, 0.5) is 15.8 Å². The Morgan fingerprint density at radius 2 is 1.95 bits per heavy atom. The minimum Gasteiger partial charge on any atom is -0.463 e. The molecule has 2 saturated heterocycles. The Bertz CT molecular complexity index is 1540. The molecule has 4 heterocycles. The lowest BCUT2D eigenvalue weighted by Gasteiger charge is -2.38. The quantitative estimate of drug-likeness (QED) is 0.375. The molecule has 0 aliphatic carbocycles. The third kappa shape index (κ3) is 5.44. The number of benzene rings is 2. The molecule has 2 N–H and O–H groups in total. The highest BCUT2D eigenvalue weighted by atomic mass is 19.1. The van der Waals surface area contributed by atoms with Crippen LogP contribution in [-0.4, -0.2) is 70.6 Å². The van der Waals surface area contributed by atoms with E-state index >= 15 is 0 Å². The first-order valence-corrected chi connectivity index (χ1v) is 13.8. The fourth-order valence-electron chi connectivity index (χ4n) is 5.73. The normalized spacial score (nSPS) is 20.2. The van der Waals surface area contributed by atoms with E-state index in [9.17, 15) is 9.18 Å². The van der Waals surface area contributed by atoms with E-state index in [1.807, 2.05) is 6.07 Å². The van der Waals surface area contributed by atoms with Crippen LogP contribution in [0.5, 0.6) is 6.01 Å². The van der Waals surface area contributed by atoms with Gasteiger partial charge in [0, 0.05) is 80.0 Å².